The number of nitrogens with zero attached hydrogens (tertiary/aromatic N) is 3. The molecule has 0 radical (unpaired) electrons. The predicted octanol–water partition coefficient (Wildman–Crippen LogP) is -0.424. The molecule has 0 aliphatic carbocycles. The molecule has 0 aromatic carbocycles. The number of hydrogen-bond donors (Lipinski definition) is 1. The molecule has 1 aliphatic heterocycles. The van der Waals surface area contributed by atoms with Crippen molar-refractivity contribution >= 4 is 29.8 Å². The fourth-order valence-corrected chi connectivity index (χ4v) is 2.71. The van der Waals surface area contributed by atoms with Gasteiger partial charge in [0.1, 0.15) is 0 Å². The van der Waals surface area contributed by atoms with Gasteiger partial charge in [0.05, 0.1) is 0 Å². The maximum absolute atomic E-state index is 11.2. The van der Waals surface area contributed by atoms with E-state index in [1.807, 2.05) is 0 Å². The zero-order chi connectivity index (χ0) is 10.1. The number of carbonyl (C=O) groups is 1. The zero-order valence-electron chi connectivity index (χ0n) is 6.97. The summed E-state index contributed by atoms with van der Waals surface area (Å²) in [6, 6.07) is -0.219. The topological polar surface area (TPSA) is 88.4 Å². The minimum absolute atomic E-state index is 0.0900. The molecule has 8 heteroatoms. The van der Waals surface area contributed by atoms with Gasteiger partial charge < -0.3 is 0 Å². The number of carbonyl (C=O) groups excluding carboxylic acids is 1. The van der Waals surface area contributed by atoms with E-state index in [1.54, 1.807) is 0 Å². The summed E-state index contributed by atoms with van der Waals surface area (Å²) in [5.41, 5.74) is 0. The molecule has 1 saturated heterocycles. The van der Waals surface area contributed by atoms with E-state index in [-0.39, 0.29) is 10.6 Å². The molecule has 2 heterocycles. The van der Waals surface area contributed by atoms with Crippen LogP contribution in [0.15, 0.2) is 6.20 Å². The Hall–Kier alpha value is -1.40. The molecule has 2 rings (SSSR count). The van der Waals surface area contributed by atoms with Crippen molar-refractivity contribution in [1.82, 2.24) is 10.3 Å². The third kappa shape index (κ3) is 1.49. The number of hydrogen-bond acceptors (Lipinski definition) is 4. The molecule has 14 heavy (non-hydrogen) atoms. The number of amides is 2. The van der Waals surface area contributed by atoms with Crippen molar-refractivity contribution in [3.63, 3.8) is 0 Å². The van der Waals surface area contributed by atoms with E-state index in [1.165, 1.54) is 11.1 Å². The molecular weight excluding hydrogens is 255 g/mol. The van der Waals surface area contributed by atoms with E-state index in [2.05, 4.69) is 10.3 Å². The molecule has 1 aliphatic rings. The Morgan fingerprint density at radius 2 is 2.50 bits per heavy atom. The molecule has 7 nitrogen and oxygen atoms in total. The monoisotopic (exact) mass is 262 g/mol. The summed E-state index contributed by atoms with van der Waals surface area (Å²) in [6.45, 7) is 1.11. The SMILES string of the molecule is O=C1NCCN1c1ncc([N+](=O)[O-])[se]1. The van der Waals surface area contributed by atoms with Gasteiger partial charge in [0.15, 0.2) is 0 Å². The first-order chi connectivity index (χ1) is 6.68. The molecule has 0 bridgehead atoms. The van der Waals surface area contributed by atoms with Gasteiger partial charge in [-0.05, 0) is 0 Å². The number of rotatable bonds is 2. The van der Waals surface area contributed by atoms with E-state index < -0.39 is 19.4 Å². The standard InChI is InChI=1S/C6H6N4O3Se/c11-5-7-1-2-9(5)6-8-3-4(14-6)10(12)13/h3H,1-2H2,(H,7,11). The Morgan fingerprint density at radius 3 is 3.00 bits per heavy atom. The quantitative estimate of drug-likeness (QED) is 0.444. The molecule has 0 saturated carbocycles. The third-order valence-electron chi connectivity index (χ3n) is 1.75. The van der Waals surface area contributed by atoms with Crippen molar-refractivity contribution in [1.29, 1.82) is 0 Å². The van der Waals surface area contributed by atoms with Gasteiger partial charge in [-0.25, -0.2) is 0 Å². The first-order valence-electron chi connectivity index (χ1n) is 3.84. The van der Waals surface area contributed by atoms with Crippen LogP contribution in [0, 0.1) is 10.1 Å². The second kappa shape index (κ2) is 3.39. The molecule has 1 fully saturated rings. The molecule has 74 valence electrons. The zero-order valence-corrected chi connectivity index (χ0v) is 8.68. The van der Waals surface area contributed by atoms with Crippen molar-refractivity contribution < 1.29 is 9.72 Å². The summed E-state index contributed by atoms with van der Waals surface area (Å²) < 4.78 is 0.603. The summed E-state index contributed by atoms with van der Waals surface area (Å²) in [7, 11) is 0. The summed E-state index contributed by atoms with van der Waals surface area (Å²) in [5.74, 6) is 0. The average Bonchev–Trinajstić information content (AvgIpc) is 2.71. The number of urea groups is 1. The van der Waals surface area contributed by atoms with E-state index in [0.29, 0.717) is 17.8 Å². The van der Waals surface area contributed by atoms with Crippen molar-refractivity contribution in [3.05, 3.63) is 16.3 Å². The molecule has 2 amide bonds. The molecular formula is C6H6N4O3Se. The Morgan fingerprint density at radius 1 is 1.71 bits per heavy atom. The van der Waals surface area contributed by atoms with Crippen LogP contribution in [0.25, 0.3) is 0 Å². The van der Waals surface area contributed by atoms with Crippen LogP contribution in [-0.2, 0) is 0 Å². The van der Waals surface area contributed by atoms with E-state index in [4.69, 9.17) is 0 Å². The van der Waals surface area contributed by atoms with Crippen molar-refractivity contribution in [3.8, 4) is 0 Å². The molecule has 0 atom stereocenters. The summed E-state index contributed by atoms with van der Waals surface area (Å²) in [4.78, 5) is 26.5. The predicted molar refractivity (Wildman–Crippen MR) is 48.6 cm³/mol. The van der Waals surface area contributed by atoms with Gasteiger partial charge in [0, 0.05) is 0 Å². The van der Waals surface area contributed by atoms with Crippen LogP contribution in [0.3, 0.4) is 0 Å². The number of anilines is 1. The second-order valence-electron chi connectivity index (χ2n) is 2.62. The van der Waals surface area contributed by atoms with Crippen LogP contribution < -0.4 is 10.2 Å². The van der Waals surface area contributed by atoms with Gasteiger partial charge in [-0.2, -0.15) is 0 Å². The van der Waals surface area contributed by atoms with Gasteiger partial charge in [0.2, 0.25) is 0 Å². The fraction of sp³-hybridized carbons (Fsp3) is 0.333. The Balaban J connectivity index is 2.24. The third-order valence-corrected chi connectivity index (χ3v) is 3.79. The second-order valence-corrected chi connectivity index (χ2v) is 4.69. The summed E-state index contributed by atoms with van der Waals surface area (Å²) in [5, 5.41) is 13.0. The van der Waals surface area contributed by atoms with E-state index in [9.17, 15) is 14.9 Å². The van der Waals surface area contributed by atoms with Crippen LogP contribution in [0.5, 0.6) is 0 Å². The minimum atomic E-state index is -0.454. The number of nitrogens with one attached hydrogen (secondary N) is 1. The van der Waals surface area contributed by atoms with E-state index >= 15 is 0 Å². The van der Waals surface area contributed by atoms with Crippen LogP contribution in [0.1, 0.15) is 0 Å². The van der Waals surface area contributed by atoms with Crippen molar-refractivity contribution in [2.24, 2.45) is 0 Å². The van der Waals surface area contributed by atoms with Gasteiger partial charge >= 0.3 is 84.1 Å². The first kappa shape index (κ1) is 9.17. The van der Waals surface area contributed by atoms with Gasteiger partial charge in [-0.15, -0.1) is 0 Å². The van der Waals surface area contributed by atoms with Crippen LogP contribution in [0.2, 0.25) is 0 Å². The Bertz CT molecular complexity index is 390. The maximum atomic E-state index is 11.2. The molecule has 1 N–H and O–H groups in total. The van der Waals surface area contributed by atoms with Crippen molar-refractivity contribution in [2.75, 3.05) is 18.0 Å². The average molecular weight is 261 g/mol. The van der Waals surface area contributed by atoms with Gasteiger partial charge in [-0.1, -0.05) is 0 Å². The molecule has 0 unspecified atom stereocenters. The molecule has 0 spiro atoms. The first-order valence-corrected chi connectivity index (χ1v) is 5.55. The van der Waals surface area contributed by atoms with Crippen molar-refractivity contribution in [2.45, 2.75) is 0 Å². The van der Waals surface area contributed by atoms with E-state index in [0.717, 1.165) is 0 Å². The number of aromatic nitrogens is 1. The van der Waals surface area contributed by atoms with Gasteiger partial charge in [0.25, 0.3) is 0 Å². The number of nitro groups is 1. The normalized spacial score (nSPS) is 15.7. The van der Waals surface area contributed by atoms with Crippen LogP contribution >= 0.6 is 0 Å². The van der Waals surface area contributed by atoms with Crippen LogP contribution in [0.4, 0.5) is 14.0 Å². The molecule has 1 aromatic rings. The van der Waals surface area contributed by atoms with Crippen LogP contribution in [-0.4, -0.2) is 43.5 Å². The Kier molecular flexibility index (Phi) is 2.22. The summed E-state index contributed by atoms with van der Waals surface area (Å²) in [6.07, 6.45) is 1.22. The fourth-order valence-electron chi connectivity index (χ4n) is 1.12. The summed E-state index contributed by atoms with van der Waals surface area (Å²) >= 11 is -0.453. The Labute approximate surface area is 84.6 Å². The van der Waals surface area contributed by atoms with Gasteiger partial charge in [-0.3, -0.25) is 0 Å². The molecule has 1 aromatic heterocycles.